The molecule has 0 spiro atoms. The summed E-state index contributed by atoms with van der Waals surface area (Å²) in [5, 5.41) is 0. The average molecular weight is 370 g/mol. The minimum atomic E-state index is -0.726. The Morgan fingerprint density at radius 1 is 1.08 bits per heavy atom. The van der Waals surface area contributed by atoms with Crippen LogP contribution in [-0.2, 0) is 30.5 Å². The van der Waals surface area contributed by atoms with Crippen molar-refractivity contribution in [2.24, 2.45) is 0 Å². The molecule has 9 heteroatoms. The van der Waals surface area contributed by atoms with Crippen molar-refractivity contribution in [2.75, 3.05) is 13.2 Å². The fourth-order valence-corrected chi connectivity index (χ4v) is 1.97. The van der Waals surface area contributed by atoms with Crippen molar-refractivity contribution < 1.29 is 23.8 Å². The van der Waals surface area contributed by atoms with Gasteiger partial charge in [-0.15, -0.1) is 0 Å². The summed E-state index contributed by atoms with van der Waals surface area (Å²) in [6.07, 6.45) is 2.51. The Morgan fingerprint density at radius 2 is 1.62 bits per heavy atom. The number of hydrogen-bond donors (Lipinski definition) is 1. The molecule has 0 saturated heterocycles. The molecule has 0 unspecified atom stereocenters. The van der Waals surface area contributed by atoms with Gasteiger partial charge in [0.1, 0.15) is 26.0 Å². The molecule has 0 aliphatic carbocycles. The van der Waals surface area contributed by atoms with E-state index in [0.29, 0.717) is 18.4 Å². The summed E-state index contributed by atoms with van der Waals surface area (Å²) < 4.78 is 16.9. The van der Waals surface area contributed by atoms with E-state index in [4.69, 9.17) is 14.2 Å². The molecule has 0 amide bonds. The molecule has 146 valence electrons. The standard InChI is InChI=1S/C17H26N2O7/c1-4-6-14(20)24-9-13(10-25-15(21)7-5-2)26-11-19-8-12(3)16(22)18-17(19)23/h8,13H,4-7,9-11H2,1-3H3,(H,18,22,23). The minimum absolute atomic E-state index is 0.102. The summed E-state index contributed by atoms with van der Waals surface area (Å²) in [5.74, 6) is -0.754. The molecule has 1 rings (SSSR count). The Hall–Kier alpha value is -2.42. The van der Waals surface area contributed by atoms with E-state index >= 15 is 0 Å². The molecule has 1 N–H and O–H groups in total. The lowest BCUT2D eigenvalue weighted by atomic mass is 10.3. The van der Waals surface area contributed by atoms with Crippen molar-refractivity contribution in [2.45, 2.75) is 59.3 Å². The van der Waals surface area contributed by atoms with E-state index in [1.807, 2.05) is 13.8 Å². The van der Waals surface area contributed by atoms with Gasteiger partial charge in [0, 0.05) is 24.6 Å². The minimum Gasteiger partial charge on any atom is -0.463 e. The number of rotatable bonds is 11. The van der Waals surface area contributed by atoms with Crippen LogP contribution in [0.1, 0.15) is 45.1 Å². The van der Waals surface area contributed by atoms with E-state index in [0.717, 1.165) is 0 Å². The molecule has 0 aliphatic rings. The van der Waals surface area contributed by atoms with Crippen LogP contribution < -0.4 is 11.2 Å². The van der Waals surface area contributed by atoms with Crippen LogP contribution in [-0.4, -0.2) is 40.8 Å². The quantitative estimate of drug-likeness (QED) is 0.575. The van der Waals surface area contributed by atoms with Crippen molar-refractivity contribution in [3.8, 4) is 0 Å². The van der Waals surface area contributed by atoms with Crippen molar-refractivity contribution in [1.29, 1.82) is 0 Å². The third-order valence-corrected chi connectivity index (χ3v) is 3.41. The zero-order valence-corrected chi connectivity index (χ0v) is 15.4. The van der Waals surface area contributed by atoms with Crippen LogP contribution in [0.2, 0.25) is 0 Å². The summed E-state index contributed by atoms with van der Waals surface area (Å²) >= 11 is 0. The first-order valence-electron chi connectivity index (χ1n) is 8.60. The predicted molar refractivity (Wildman–Crippen MR) is 92.7 cm³/mol. The Morgan fingerprint density at radius 3 is 2.12 bits per heavy atom. The normalized spacial score (nSPS) is 10.8. The molecular weight excluding hydrogens is 344 g/mol. The molecule has 0 saturated carbocycles. The van der Waals surface area contributed by atoms with E-state index in [9.17, 15) is 19.2 Å². The number of aromatic amines is 1. The Balaban J connectivity index is 2.69. The van der Waals surface area contributed by atoms with Gasteiger partial charge in [-0.05, 0) is 19.8 Å². The first-order valence-corrected chi connectivity index (χ1v) is 8.60. The molecule has 1 heterocycles. The van der Waals surface area contributed by atoms with Gasteiger partial charge in [0.05, 0.1) is 0 Å². The number of hydrogen-bond acceptors (Lipinski definition) is 7. The number of nitrogens with zero attached hydrogens (tertiary/aromatic N) is 1. The number of aryl methyl sites for hydroxylation is 1. The highest BCUT2D eigenvalue weighted by molar-refractivity contribution is 5.69. The maximum Gasteiger partial charge on any atom is 0.330 e. The van der Waals surface area contributed by atoms with Crippen LogP contribution in [0.5, 0.6) is 0 Å². The summed E-state index contributed by atoms with van der Waals surface area (Å²) in [6.45, 7) is 4.88. The van der Waals surface area contributed by atoms with Gasteiger partial charge in [0.25, 0.3) is 5.56 Å². The fourth-order valence-electron chi connectivity index (χ4n) is 1.97. The Kier molecular flexibility index (Phi) is 9.35. The van der Waals surface area contributed by atoms with E-state index in [1.54, 1.807) is 6.92 Å². The first kappa shape index (κ1) is 21.6. The second kappa shape index (κ2) is 11.2. The van der Waals surface area contributed by atoms with Crippen LogP contribution >= 0.6 is 0 Å². The highest BCUT2D eigenvalue weighted by Gasteiger charge is 2.16. The van der Waals surface area contributed by atoms with Crippen molar-refractivity contribution >= 4 is 11.9 Å². The van der Waals surface area contributed by atoms with Gasteiger partial charge in [0.15, 0.2) is 0 Å². The Bertz CT molecular complexity index is 686. The van der Waals surface area contributed by atoms with Crippen LogP contribution in [0, 0.1) is 6.92 Å². The third kappa shape index (κ3) is 7.64. The second-order valence-electron chi connectivity index (χ2n) is 5.82. The SMILES string of the molecule is CCCC(=O)OCC(COC(=O)CCC)OCn1cc(C)c(=O)[nH]c1=O. The van der Waals surface area contributed by atoms with Gasteiger partial charge < -0.3 is 14.2 Å². The van der Waals surface area contributed by atoms with Gasteiger partial charge in [-0.1, -0.05) is 13.8 Å². The third-order valence-electron chi connectivity index (χ3n) is 3.41. The molecule has 1 aromatic rings. The van der Waals surface area contributed by atoms with Gasteiger partial charge >= 0.3 is 17.6 Å². The van der Waals surface area contributed by atoms with Crippen LogP contribution in [0.4, 0.5) is 0 Å². The van der Waals surface area contributed by atoms with Crippen LogP contribution in [0.15, 0.2) is 15.8 Å². The van der Waals surface area contributed by atoms with Crippen molar-refractivity contribution in [1.82, 2.24) is 9.55 Å². The fraction of sp³-hybridized carbons (Fsp3) is 0.647. The van der Waals surface area contributed by atoms with Gasteiger partial charge in [-0.3, -0.25) is 23.9 Å². The number of ether oxygens (including phenoxy) is 3. The van der Waals surface area contributed by atoms with Crippen molar-refractivity contribution in [3.05, 3.63) is 32.6 Å². The zero-order chi connectivity index (χ0) is 19.5. The number of H-pyrrole nitrogens is 1. The average Bonchev–Trinajstić information content (AvgIpc) is 2.58. The van der Waals surface area contributed by atoms with Gasteiger partial charge in [0.2, 0.25) is 0 Å². The van der Waals surface area contributed by atoms with Crippen molar-refractivity contribution in [3.63, 3.8) is 0 Å². The number of nitrogens with one attached hydrogen (secondary N) is 1. The lowest BCUT2D eigenvalue weighted by Crippen LogP contribution is -2.34. The Labute approximate surface area is 151 Å². The molecule has 0 bridgehead atoms. The van der Waals surface area contributed by atoms with E-state index in [-0.39, 0.29) is 44.7 Å². The largest absolute Gasteiger partial charge is 0.463 e. The van der Waals surface area contributed by atoms with Gasteiger partial charge in [-0.2, -0.15) is 0 Å². The molecule has 0 aromatic carbocycles. The maximum absolute atomic E-state index is 11.8. The second-order valence-corrected chi connectivity index (χ2v) is 5.82. The van der Waals surface area contributed by atoms with Crippen LogP contribution in [0.3, 0.4) is 0 Å². The summed E-state index contributed by atoms with van der Waals surface area (Å²) in [4.78, 5) is 48.3. The highest BCUT2D eigenvalue weighted by atomic mass is 16.6. The number of carbonyl (C=O) groups excluding carboxylic acids is 2. The first-order chi connectivity index (χ1) is 12.4. The lowest BCUT2D eigenvalue weighted by molar-refractivity contribution is -0.157. The van der Waals surface area contributed by atoms with Gasteiger partial charge in [-0.25, -0.2) is 4.79 Å². The molecule has 26 heavy (non-hydrogen) atoms. The number of carbonyl (C=O) groups is 2. The highest BCUT2D eigenvalue weighted by Crippen LogP contribution is 2.02. The smallest absolute Gasteiger partial charge is 0.330 e. The van der Waals surface area contributed by atoms with E-state index < -0.39 is 17.4 Å². The van der Waals surface area contributed by atoms with Crippen LogP contribution in [0.25, 0.3) is 0 Å². The molecule has 0 aliphatic heterocycles. The van der Waals surface area contributed by atoms with E-state index in [2.05, 4.69) is 4.98 Å². The molecule has 0 atom stereocenters. The lowest BCUT2D eigenvalue weighted by Gasteiger charge is -2.18. The number of esters is 2. The topological polar surface area (TPSA) is 117 Å². The predicted octanol–water partition coefficient (Wildman–Crippen LogP) is 0.874. The summed E-state index contributed by atoms with van der Waals surface area (Å²) in [5.41, 5.74) is -0.733. The molecule has 9 nitrogen and oxygen atoms in total. The molecule has 0 radical (unpaired) electrons. The zero-order valence-electron chi connectivity index (χ0n) is 15.4. The summed E-state index contributed by atoms with van der Waals surface area (Å²) in [6, 6.07) is 0. The molecular formula is C17H26N2O7. The van der Waals surface area contributed by atoms with E-state index in [1.165, 1.54) is 10.8 Å². The molecule has 1 aromatic heterocycles. The maximum atomic E-state index is 11.8. The number of aromatic nitrogens is 2. The monoisotopic (exact) mass is 370 g/mol. The summed E-state index contributed by atoms with van der Waals surface area (Å²) in [7, 11) is 0. The molecule has 0 fully saturated rings.